The fourth-order valence-electron chi connectivity index (χ4n) is 2.19. The number of aliphatic hydroxyl groups excluding tert-OH is 1. The maximum absolute atomic E-state index is 11.9. The molecule has 0 bridgehead atoms. The van der Waals surface area contributed by atoms with Gasteiger partial charge in [0.25, 0.3) is 5.91 Å². The summed E-state index contributed by atoms with van der Waals surface area (Å²) >= 11 is 5.83. The Morgan fingerprint density at radius 2 is 2.24 bits per heavy atom. The molecule has 1 fully saturated rings. The van der Waals surface area contributed by atoms with Gasteiger partial charge in [0.15, 0.2) is 0 Å². The number of aliphatic hydroxyl groups is 1. The van der Waals surface area contributed by atoms with Crippen LogP contribution < -0.4 is 5.32 Å². The Morgan fingerprint density at radius 1 is 1.41 bits per heavy atom. The quantitative estimate of drug-likeness (QED) is 0.850. The van der Waals surface area contributed by atoms with E-state index in [4.69, 9.17) is 11.6 Å². The summed E-state index contributed by atoms with van der Waals surface area (Å²) in [5.41, 5.74) is 0.567. The van der Waals surface area contributed by atoms with E-state index in [1.54, 1.807) is 24.3 Å². The molecule has 1 aliphatic carbocycles. The van der Waals surface area contributed by atoms with Crippen LogP contribution >= 0.6 is 11.6 Å². The van der Waals surface area contributed by atoms with E-state index in [1.165, 1.54) is 0 Å². The first-order chi connectivity index (χ1) is 8.15. The van der Waals surface area contributed by atoms with Gasteiger partial charge in [-0.1, -0.05) is 17.7 Å². The maximum Gasteiger partial charge on any atom is 0.251 e. The highest BCUT2D eigenvalue weighted by Gasteiger charge is 2.21. The van der Waals surface area contributed by atoms with Crippen LogP contribution in [0, 0.1) is 0 Å². The molecule has 0 spiro atoms. The Morgan fingerprint density at radius 3 is 2.94 bits per heavy atom. The van der Waals surface area contributed by atoms with E-state index in [-0.39, 0.29) is 18.1 Å². The zero-order valence-electron chi connectivity index (χ0n) is 9.53. The number of nitrogens with one attached hydrogen (secondary N) is 1. The summed E-state index contributed by atoms with van der Waals surface area (Å²) in [4.78, 5) is 11.9. The average molecular weight is 254 g/mol. The molecule has 0 aliphatic heterocycles. The van der Waals surface area contributed by atoms with E-state index >= 15 is 0 Å². The molecule has 0 unspecified atom stereocenters. The first-order valence-corrected chi connectivity index (χ1v) is 6.27. The lowest BCUT2D eigenvalue weighted by atomic mass is 9.93. The summed E-state index contributed by atoms with van der Waals surface area (Å²) in [6.07, 6.45) is 3.09. The molecule has 92 valence electrons. The second kappa shape index (κ2) is 5.52. The fraction of sp³-hybridized carbons (Fsp3) is 0.462. The molecular formula is C13H16ClNO2. The molecule has 2 N–H and O–H groups in total. The van der Waals surface area contributed by atoms with Crippen LogP contribution in [0.25, 0.3) is 0 Å². The molecule has 4 heteroatoms. The number of amides is 1. The van der Waals surface area contributed by atoms with Crippen molar-refractivity contribution in [1.82, 2.24) is 5.32 Å². The molecular weight excluding hydrogens is 238 g/mol. The number of hydrogen-bond acceptors (Lipinski definition) is 2. The normalized spacial score (nSPS) is 24.4. The smallest absolute Gasteiger partial charge is 0.251 e. The zero-order chi connectivity index (χ0) is 12.3. The molecule has 0 heterocycles. The summed E-state index contributed by atoms with van der Waals surface area (Å²) in [6, 6.07) is 6.96. The van der Waals surface area contributed by atoms with Crippen molar-refractivity contribution in [2.24, 2.45) is 0 Å². The average Bonchev–Trinajstić information content (AvgIpc) is 2.29. The van der Waals surface area contributed by atoms with Gasteiger partial charge in [-0.3, -0.25) is 4.79 Å². The minimum Gasteiger partial charge on any atom is -0.393 e. The van der Waals surface area contributed by atoms with Crippen molar-refractivity contribution in [3.63, 3.8) is 0 Å². The first kappa shape index (κ1) is 12.4. The molecule has 2 rings (SSSR count). The molecule has 1 aromatic rings. The Bertz CT molecular complexity index is 408. The van der Waals surface area contributed by atoms with Gasteiger partial charge >= 0.3 is 0 Å². The van der Waals surface area contributed by atoms with Gasteiger partial charge in [-0.15, -0.1) is 0 Å². The molecule has 1 aromatic carbocycles. The highest BCUT2D eigenvalue weighted by atomic mass is 35.5. The zero-order valence-corrected chi connectivity index (χ0v) is 10.3. The molecule has 2 atom stereocenters. The standard InChI is InChI=1S/C13H16ClNO2/c14-10-4-1-3-9(7-10)13(17)15-11-5-2-6-12(16)8-11/h1,3-4,7,11-12,16H,2,5-6,8H2,(H,15,17)/t11-,12+/m1/s1. The van der Waals surface area contributed by atoms with Crippen molar-refractivity contribution in [1.29, 1.82) is 0 Å². The summed E-state index contributed by atoms with van der Waals surface area (Å²) in [6.45, 7) is 0. The van der Waals surface area contributed by atoms with Crippen LogP contribution in [0.2, 0.25) is 5.02 Å². The lowest BCUT2D eigenvalue weighted by Gasteiger charge is -2.26. The van der Waals surface area contributed by atoms with Gasteiger partial charge in [-0.05, 0) is 43.9 Å². The number of benzene rings is 1. The van der Waals surface area contributed by atoms with Crippen molar-refractivity contribution in [2.45, 2.75) is 37.8 Å². The van der Waals surface area contributed by atoms with E-state index in [0.29, 0.717) is 17.0 Å². The van der Waals surface area contributed by atoms with Crippen LogP contribution in [-0.2, 0) is 0 Å². The van der Waals surface area contributed by atoms with E-state index in [1.807, 2.05) is 0 Å². The highest BCUT2D eigenvalue weighted by molar-refractivity contribution is 6.30. The topological polar surface area (TPSA) is 49.3 Å². The van der Waals surface area contributed by atoms with E-state index in [2.05, 4.69) is 5.32 Å². The van der Waals surface area contributed by atoms with Crippen LogP contribution in [0.1, 0.15) is 36.0 Å². The van der Waals surface area contributed by atoms with Crippen LogP contribution in [0.5, 0.6) is 0 Å². The number of carbonyl (C=O) groups excluding carboxylic acids is 1. The van der Waals surface area contributed by atoms with E-state index in [0.717, 1.165) is 19.3 Å². The third kappa shape index (κ3) is 3.45. The second-order valence-corrected chi connectivity index (χ2v) is 4.94. The molecule has 0 radical (unpaired) electrons. The predicted molar refractivity (Wildman–Crippen MR) is 67.2 cm³/mol. The number of hydrogen-bond donors (Lipinski definition) is 2. The van der Waals surface area contributed by atoms with Crippen LogP contribution in [0.15, 0.2) is 24.3 Å². The fourth-order valence-corrected chi connectivity index (χ4v) is 2.38. The van der Waals surface area contributed by atoms with Crippen LogP contribution in [0.4, 0.5) is 0 Å². The Labute approximate surface area is 106 Å². The lowest BCUT2D eigenvalue weighted by molar-refractivity contribution is 0.0850. The van der Waals surface area contributed by atoms with Crippen molar-refractivity contribution in [3.8, 4) is 0 Å². The Hall–Kier alpha value is -1.06. The Balaban J connectivity index is 1.97. The van der Waals surface area contributed by atoms with E-state index < -0.39 is 0 Å². The third-order valence-corrected chi connectivity index (χ3v) is 3.30. The molecule has 17 heavy (non-hydrogen) atoms. The van der Waals surface area contributed by atoms with Gasteiger partial charge in [0, 0.05) is 16.6 Å². The molecule has 0 saturated heterocycles. The predicted octanol–water partition coefficient (Wildman–Crippen LogP) is 2.37. The first-order valence-electron chi connectivity index (χ1n) is 5.89. The number of carbonyl (C=O) groups is 1. The van der Waals surface area contributed by atoms with Gasteiger partial charge in [0.2, 0.25) is 0 Å². The van der Waals surface area contributed by atoms with Gasteiger partial charge in [-0.25, -0.2) is 0 Å². The second-order valence-electron chi connectivity index (χ2n) is 4.50. The largest absolute Gasteiger partial charge is 0.393 e. The summed E-state index contributed by atoms with van der Waals surface area (Å²) in [7, 11) is 0. The SMILES string of the molecule is O=C(N[C@@H]1CCC[C@H](O)C1)c1cccc(Cl)c1. The third-order valence-electron chi connectivity index (χ3n) is 3.07. The highest BCUT2D eigenvalue weighted by Crippen LogP contribution is 2.19. The number of halogens is 1. The summed E-state index contributed by atoms with van der Waals surface area (Å²) in [5.74, 6) is -0.119. The molecule has 1 saturated carbocycles. The van der Waals surface area contributed by atoms with Crippen molar-refractivity contribution >= 4 is 17.5 Å². The van der Waals surface area contributed by atoms with Crippen LogP contribution in [-0.4, -0.2) is 23.2 Å². The summed E-state index contributed by atoms with van der Waals surface area (Å²) in [5, 5.41) is 13.0. The molecule has 1 aliphatic rings. The van der Waals surface area contributed by atoms with Gasteiger partial charge in [0.1, 0.15) is 0 Å². The lowest BCUT2D eigenvalue weighted by Crippen LogP contribution is -2.39. The monoisotopic (exact) mass is 253 g/mol. The van der Waals surface area contributed by atoms with Crippen molar-refractivity contribution in [3.05, 3.63) is 34.9 Å². The molecule has 3 nitrogen and oxygen atoms in total. The minimum absolute atomic E-state index is 0.0743. The maximum atomic E-state index is 11.9. The number of rotatable bonds is 2. The van der Waals surface area contributed by atoms with Crippen molar-refractivity contribution < 1.29 is 9.90 Å². The summed E-state index contributed by atoms with van der Waals surface area (Å²) < 4.78 is 0. The van der Waals surface area contributed by atoms with Crippen LogP contribution in [0.3, 0.4) is 0 Å². The Kier molecular flexibility index (Phi) is 4.02. The van der Waals surface area contributed by atoms with Gasteiger partial charge in [0.05, 0.1) is 6.10 Å². The van der Waals surface area contributed by atoms with Crippen molar-refractivity contribution in [2.75, 3.05) is 0 Å². The molecule has 1 amide bonds. The molecule has 0 aromatic heterocycles. The van der Waals surface area contributed by atoms with Gasteiger partial charge in [-0.2, -0.15) is 0 Å². The minimum atomic E-state index is -0.284. The van der Waals surface area contributed by atoms with E-state index in [9.17, 15) is 9.90 Å². The van der Waals surface area contributed by atoms with Gasteiger partial charge < -0.3 is 10.4 Å².